The van der Waals surface area contributed by atoms with Gasteiger partial charge in [0.15, 0.2) is 5.78 Å². The van der Waals surface area contributed by atoms with E-state index in [2.05, 4.69) is 0 Å². The maximum Gasteiger partial charge on any atom is 0.245 e. The lowest BCUT2D eigenvalue weighted by atomic mass is 10.1. The molecule has 0 aliphatic carbocycles. The smallest absolute Gasteiger partial charge is 0.245 e. The zero-order valence-corrected chi connectivity index (χ0v) is 9.69. The highest BCUT2D eigenvalue weighted by molar-refractivity contribution is 5.76. The molecule has 0 bridgehead atoms. The second-order valence-corrected chi connectivity index (χ2v) is 4.03. The average Bonchev–Trinajstić information content (AvgIpc) is 2.08. The summed E-state index contributed by atoms with van der Waals surface area (Å²) in [4.78, 5) is 10.7. The molecule has 0 aromatic rings. The molecule has 0 radical (unpaired) electrons. The molecular weight excluding hydrogens is 202 g/mol. The molecule has 0 amide bonds. The lowest BCUT2D eigenvalue weighted by molar-refractivity contribution is -0.124. The van der Waals surface area contributed by atoms with Crippen molar-refractivity contribution in [2.45, 2.75) is 58.5 Å². The van der Waals surface area contributed by atoms with Gasteiger partial charge in [0.2, 0.25) is 5.92 Å². The Kier molecular flexibility index (Phi) is 6.65. The average molecular weight is 222 g/mol. The Morgan fingerprint density at radius 3 is 2.40 bits per heavy atom. The molecule has 0 heterocycles. The minimum Gasteiger partial charge on any atom is -0.370 e. The van der Waals surface area contributed by atoms with Crippen LogP contribution in [0.3, 0.4) is 0 Å². The van der Waals surface area contributed by atoms with Gasteiger partial charge in [-0.15, -0.1) is 0 Å². The quantitative estimate of drug-likeness (QED) is 0.630. The third-order valence-corrected chi connectivity index (χ3v) is 2.04. The van der Waals surface area contributed by atoms with Gasteiger partial charge < -0.3 is 4.74 Å². The number of Topliss-reactive ketones (excluding diaryl/α,β-unsaturated/α-hetero) is 1. The first kappa shape index (κ1) is 14.5. The Morgan fingerprint density at radius 1 is 1.40 bits per heavy atom. The van der Waals surface area contributed by atoms with Gasteiger partial charge in [-0.2, -0.15) is 0 Å². The molecule has 0 aliphatic heterocycles. The number of carbonyl (C=O) groups excluding carboxylic acids is 1. The first-order chi connectivity index (χ1) is 6.85. The van der Waals surface area contributed by atoms with Gasteiger partial charge in [-0.1, -0.05) is 13.3 Å². The van der Waals surface area contributed by atoms with Crippen molar-refractivity contribution in [3.63, 3.8) is 0 Å². The number of ketones is 1. The van der Waals surface area contributed by atoms with E-state index in [1.54, 1.807) is 0 Å². The fourth-order valence-corrected chi connectivity index (χ4v) is 1.28. The summed E-state index contributed by atoms with van der Waals surface area (Å²) in [5.41, 5.74) is 0. The van der Waals surface area contributed by atoms with E-state index in [9.17, 15) is 13.6 Å². The van der Waals surface area contributed by atoms with Crippen LogP contribution < -0.4 is 0 Å². The van der Waals surface area contributed by atoms with Crippen LogP contribution in [0, 0.1) is 0 Å². The van der Waals surface area contributed by atoms with E-state index in [0.29, 0.717) is 6.42 Å². The van der Waals surface area contributed by atoms with Crippen LogP contribution in [0.5, 0.6) is 0 Å². The standard InChI is InChI=1S/C11H20F2O2/c1-4-5-10(15-8-9(2)14)6-7-11(3,12)13/h10H,4-8H2,1-3H3. The Morgan fingerprint density at radius 2 is 2.00 bits per heavy atom. The predicted molar refractivity (Wildman–Crippen MR) is 55.2 cm³/mol. The molecule has 1 unspecified atom stereocenters. The normalized spacial score (nSPS) is 13.9. The largest absolute Gasteiger partial charge is 0.370 e. The molecule has 90 valence electrons. The summed E-state index contributed by atoms with van der Waals surface area (Å²) in [5, 5.41) is 0. The minimum atomic E-state index is -2.65. The van der Waals surface area contributed by atoms with Crippen molar-refractivity contribution in [3.05, 3.63) is 0 Å². The van der Waals surface area contributed by atoms with Gasteiger partial charge in [0.1, 0.15) is 6.61 Å². The van der Waals surface area contributed by atoms with E-state index in [1.807, 2.05) is 6.92 Å². The van der Waals surface area contributed by atoms with Crippen molar-refractivity contribution in [1.82, 2.24) is 0 Å². The van der Waals surface area contributed by atoms with Crippen molar-refractivity contribution < 1.29 is 18.3 Å². The molecule has 1 atom stereocenters. The summed E-state index contributed by atoms with van der Waals surface area (Å²) in [6.45, 7) is 4.33. The fourth-order valence-electron chi connectivity index (χ4n) is 1.28. The van der Waals surface area contributed by atoms with Gasteiger partial charge in [-0.05, 0) is 26.7 Å². The lowest BCUT2D eigenvalue weighted by Crippen LogP contribution is -2.20. The predicted octanol–water partition coefficient (Wildman–Crippen LogP) is 3.20. The van der Waals surface area contributed by atoms with Crippen LogP contribution in [0.4, 0.5) is 8.78 Å². The third kappa shape index (κ3) is 9.79. The molecule has 2 nitrogen and oxygen atoms in total. The van der Waals surface area contributed by atoms with Crippen LogP contribution >= 0.6 is 0 Å². The minimum absolute atomic E-state index is 0.0277. The van der Waals surface area contributed by atoms with E-state index in [-0.39, 0.29) is 24.9 Å². The first-order valence-electron chi connectivity index (χ1n) is 5.34. The van der Waals surface area contributed by atoms with E-state index in [1.165, 1.54) is 6.92 Å². The Balaban J connectivity index is 3.87. The van der Waals surface area contributed by atoms with Crippen molar-refractivity contribution >= 4 is 5.78 Å². The van der Waals surface area contributed by atoms with Crippen molar-refractivity contribution in [2.75, 3.05) is 6.61 Å². The summed E-state index contributed by atoms with van der Waals surface area (Å²) in [5.74, 6) is -2.72. The molecule has 0 aromatic carbocycles. The second-order valence-electron chi connectivity index (χ2n) is 4.03. The number of halogens is 2. The molecule has 0 aliphatic rings. The molecule has 0 saturated carbocycles. The van der Waals surface area contributed by atoms with Gasteiger partial charge in [-0.3, -0.25) is 4.79 Å². The number of ether oxygens (including phenoxy) is 1. The Bertz CT molecular complexity index is 188. The second kappa shape index (κ2) is 6.88. The molecule has 0 spiro atoms. The fraction of sp³-hybridized carbons (Fsp3) is 0.909. The molecule has 0 fully saturated rings. The number of hydrogen-bond acceptors (Lipinski definition) is 2. The highest BCUT2D eigenvalue weighted by atomic mass is 19.3. The van der Waals surface area contributed by atoms with Crippen LogP contribution in [-0.4, -0.2) is 24.4 Å². The number of carbonyl (C=O) groups is 1. The summed E-state index contributed by atoms with van der Waals surface area (Å²) >= 11 is 0. The first-order valence-corrected chi connectivity index (χ1v) is 5.34. The summed E-state index contributed by atoms with van der Waals surface area (Å²) in [6, 6.07) is 0. The van der Waals surface area contributed by atoms with E-state index in [0.717, 1.165) is 19.8 Å². The van der Waals surface area contributed by atoms with Crippen LogP contribution in [0.15, 0.2) is 0 Å². The molecule has 4 heteroatoms. The highest BCUT2D eigenvalue weighted by Gasteiger charge is 2.23. The van der Waals surface area contributed by atoms with Crippen LogP contribution in [0.25, 0.3) is 0 Å². The zero-order chi connectivity index (χ0) is 11.9. The monoisotopic (exact) mass is 222 g/mol. The highest BCUT2D eigenvalue weighted by Crippen LogP contribution is 2.22. The summed E-state index contributed by atoms with van der Waals surface area (Å²) in [7, 11) is 0. The van der Waals surface area contributed by atoms with E-state index in [4.69, 9.17) is 4.74 Å². The maximum atomic E-state index is 12.6. The number of hydrogen-bond donors (Lipinski definition) is 0. The van der Waals surface area contributed by atoms with Crippen LogP contribution in [0.1, 0.15) is 46.5 Å². The summed E-state index contributed by atoms with van der Waals surface area (Å²) < 4.78 is 30.5. The zero-order valence-electron chi connectivity index (χ0n) is 9.69. The number of rotatable bonds is 8. The molecule has 0 saturated heterocycles. The van der Waals surface area contributed by atoms with Gasteiger partial charge in [0, 0.05) is 6.42 Å². The molecule has 0 N–H and O–H groups in total. The van der Waals surface area contributed by atoms with Gasteiger partial charge in [-0.25, -0.2) is 8.78 Å². The Labute approximate surface area is 90.0 Å². The Hall–Kier alpha value is -0.510. The van der Waals surface area contributed by atoms with Crippen LogP contribution in [-0.2, 0) is 9.53 Å². The van der Waals surface area contributed by atoms with Crippen molar-refractivity contribution in [1.29, 1.82) is 0 Å². The maximum absolute atomic E-state index is 12.6. The van der Waals surface area contributed by atoms with Crippen molar-refractivity contribution in [2.24, 2.45) is 0 Å². The molecule has 15 heavy (non-hydrogen) atoms. The molecule has 0 rings (SSSR count). The third-order valence-electron chi connectivity index (χ3n) is 2.04. The van der Waals surface area contributed by atoms with Gasteiger partial charge in [0.25, 0.3) is 0 Å². The number of alkyl halides is 2. The van der Waals surface area contributed by atoms with Crippen molar-refractivity contribution in [3.8, 4) is 0 Å². The SMILES string of the molecule is CCCC(CCC(C)(F)F)OCC(C)=O. The van der Waals surface area contributed by atoms with Crippen LogP contribution in [0.2, 0.25) is 0 Å². The van der Waals surface area contributed by atoms with E-state index >= 15 is 0 Å². The topological polar surface area (TPSA) is 26.3 Å². The van der Waals surface area contributed by atoms with E-state index < -0.39 is 5.92 Å². The van der Waals surface area contributed by atoms with Gasteiger partial charge >= 0.3 is 0 Å². The lowest BCUT2D eigenvalue weighted by Gasteiger charge is -2.18. The summed E-state index contributed by atoms with van der Waals surface area (Å²) in [6.07, 6.45) is 1.51. The molecular formula is C11H20F2O2. The molecule has 0 aromatic heterocycles. The van der Waals surface area contributed by atoms with Gasteiger partial charge in [0.05, 0.1) is 6.10 Å².